The van der Waals surface area contributed by atoms with Crippen molar-refractivity contribution in [2.45, 2.75) is 39.3 Å². The van der Waals surface area contributed by atoms with Crippen LogP contribution in [-0.4, -0.2) is 40.2 Å². The van der Waals surface area contributed by atoms with E-state index in [1.807, 2.05) is 20.8 Å². The lowest BCUT2D eigenvalue weighted by Gasteiger charge is -2.30. The molecule has 2 heterocycles. The van der Waals surface area contributed by atoms with Crippen LogP contribution in [-0.2, 0) is 17.7 Å². The van der Waals surface area contributed by atoms with E-state index in [1.54, 1.807) is 4.90 Å². The standard InChI is InChI=1S/C13H18ClN3O3/c1-13(2,3)20-12(18)17-6-5-8-9(7-17)15-11(19-4)16-10(8)14/h5-7H2,1-4H3. The van der Waals surface area contributed by atoms with E-state index in [0.717, 1.165) is 5.56 Å². The molecule has 0 atom stereocenters. The summed E-state index contributed by atoms with van der Waals surface area (Å²) in [5, 5.41) is 0.385. The second kappa shape index (κ2) is 5.44. The monoisotopic (exact) mass is 299 g/mol. The molecule has 0 N–H and O–H groups in total. The Morgan fingerprint density at radius 3 is 2.65 bits per heavy atom. The Bertz CT molecular complexity index is 528. The van der Waals surface area contributed by atoms with Crippen LogP contribution in [0, 0.1) is 0 Å². The summed E-state index contributed by atoms with van der Waals surface area (Å²) >= 11 is 6.09. The van der Waals surface area contributed by atoms with Gasteiger partial charge in [0.05, 0.1) is 19.3 Å². The van der Waals surface area contributed by atoms with Crippen LogP contribution in [0.15, 0.2) is 0 Å². The molecule has 1 aliphatic heterocycles. The van der Waals surface area contributed by atoms with Gasteiger partial charge in [0.1, 0.15) is 10.8 Å². The molecule has 0 aliphatic carbocycles. The molecule has 110 valence electrons. The first-order chi connectivity index (χ1) is 9.30. The number of nitrogens with zero attached hydrogens (tertiary/aromatic N) is 3. The highest BCUT2D eigenvalue weighted by Gasteiger charge is 2.28. The van der Waals surface area contributed by atoms with E-state index in [-0.39, 0.29) is 12.1 Å². The predicted octanol–water partition coefficient (Wildman–Crippen LogP) is 2.43. The van der Waals surface area contributed by atoms with E-state index in [0.29, 0.717) is 30.4 Å². The Morgan fingerprint density at radius 1 is 1.35 bits per heavy atom. The van der Waals surface area contributed by atoms with Crippen LogP contribution in [0.5, 0.6) is 6.01 Å². The second-order valence-electron chi connectivity index (χ2n) is 5.58. The number of ether oxygens (including phenoxy) is 2. The number of aromatic nitrogens is 2. The Kier molecular flexibility index (Phi) is 4.04. The third-order valence-corrected chi connectivity index (χ3v) is 3.14. The number of methoxy groups -OCH3 is 1. The molecule has 0 fully saturated rings. The lowest BCUT2D eigenvalue weighted by Crippen LogP contribution is -2.40. The lowest BCUT2D eigenvalue weighted by atomic mass is 10.1. The zero-order valence-corrected chi connectivity index (χ0v) is 12.8. The molecule has 0 saturated carbocycles. The Hall–Kier alpha value is -1.56. The molecular formula is C13H18ClN3O3. The topological polar surface area (TPSA) is 64.6 Å². The van der Waals surface area contributed by atoms with Crippen molar-refractivity contribution in [3.05, 3.63) is 16.4 Å². The number of amides is 1. The molecular weight excluding hydrogens is 282 g/mol. The van der Waals surface area contributed by atoms with Crippen molar-refractivity contribution in [1.82, 2.24) is 14.9 Å². The third-order valence-electron chi connectivity index (χ3n) is 2.83. The van der Waals surface area contributed by atoms with Crippen molar-refractivity contribution in [2.75, 3.05) is 13.7 Å². The van der Waals surface area contributed by atoms with Gasteiger partial charge in [-0.25, -0.2) is 4.79 Å². The molecule has 2 rings (SSSR count). The third kappa shape index (κ3) is 3.30. The SMILES string of the molecule is COc1nc(Cl)c2c(n1)CN(C(=O)OC(C)(C)C)CC2. The predicted molar refractivity (Wildman–Crippen MR) is 73.9 cm³/mol. The van der Waals surface area contributed by atoms with Gasteiger partial charge >= 0.3 is 12.1 Å². The van der Waals surface area contributed by atoms with E-state index in [2.05, 4.69) is 9.97 Å². The average molecular weight is 300 g/mol. The van der Waals surface area contributed by atoms with E-state index in [4.69, 9.17) is 21.1 Å². The highest BCUT2D eigenvalue weighted by atomic mass is 35.5. The summed E-state index contributed by atoms with van der Waals surface area (Å²) in [5.41, 5.74) is 1.06. The van der Waals surface area contributed by atoms with E-state index in [1.165, 1.54) is 7.11 Å². The molecule has 1 aliphatic rings. The molecule has 0 bridgehead atoms. The average Bonchev–Trinajstić information content (AvgIpc) is 2.35. The van der Waals surface area contributed by atoms with Gasteiger partial charge < -0.3 is 14.4 Å². The van der Waals surface area contributed by atoms with Crippen molar-refractivity contribution in [3.63, 3.8) is 0 Å². The molecule has 6 nitrogen and oxygen atoms in total. The molecule has 0 spiro atoms. The van der Waals surface area contributed by atoms with Gasteiger partial charge in [-0.15, -0.1) is 0 Å². The summed E-state index contributed by atoms with van der Waals surface area (Å²) in [4.78, 5) is 22.0. The minimum atomic E-state index is -0.516. The summed E-state index contributed by atoms with van der Waals surface area (Å²) in [6, 6.07) is 0.208. The molecule has 20 heavy (non-hydrogen) atoms. The summed E-state index contributed by atoms with van der Waals surface area (Å²) in [6.07, 6.45) is 0.258. The van der Waals surface area contributed by atoms with Crippen LogP contribution in [0.1, 0.15) is 32.0 Å². The maximum absolute atomic E-state index is 12.1. The van der Waals surface area contributed by atoms with Crippen molar-refractivity contribution < 1.29 is 14.3 Å². The minimum absolute atomic E-state index is 0.208. The van der Waals surface area contributed by atoms with Crippen LogP contribution in [0.3, 0.4) is 0 Å². The van der Waals surface area contributed by atoms with Crippen molar-refractivity contribution in [1.29, 1.82) is 0 Å². The largest absolute Gasteiger partial charge is 0.467 e. The molecule has 0 unspecified atom stereocenters. The summed E-state index contributed by atoms with van der Waals surface area (Å²) in [5.74, 6) is 0. The minimum Gasteiger partial charge on any atom is -0.467 e. The molecule has 1 aromatic heterocycles. The quantitative estimate of drug-likeness (QED) is 0.745. The van der Waals surface area contributed by atoms with Gasteiger partial charge in [-0.3, -0.25) is 0 Å². The van der Waals surface area contributed by atoms with E-state index in [9.17, 15) is 4.79 Å². The number of carbonyl (C=O) groups excluding carboxylic acids is 1. The fourth-order valence-corrected chi connectivity index (χ4v) is 2.21. The Morgan fingerprint density at radius 2 is 2.05 bits per heavy atom. The van der Waals surface area contributed by atoms with Gasteiger partial charge in [-0.1, -0.05) is 11.6 Å². The van der Waals surface area contributed by atoms with Gasteiger partial charge in [0.25, 0.3) is 0 Å². The van der Waals surface area contributed by atoms with E-state index < -0.39 is 5.60 Å². The van der Waals surface area contributed by atoms with Crippen molar-refractivity contribution in [3.8, 4) is 6.01 Å². The maximum Gasteiger partial charge on any atom is 0.410 e. The Balaban J connectivity index is 2.18. The molecule has 1 amide bonds. The fourth-order valence-electron chi connectivity index (χ4n) is 1.94. The van der Waals surface area contributed by atoms with Gasteiger partial charge in [0, 0.05) is 12.1 Å². The Labute approximate surface area is 123 Å². The lowest BCUT2D eigenvalue weighted by molar-refractivity contribution is 0.0220. The smallest absolute Gasteiger partial charge is 0.410 e. The van der Waals surface area contributed by atoms with Crippen LogP contribution in [0.2, 0.25) is 5.15 Å². The summed E-state index contributed by atoms with van der Waals surface area (Å²) in [6.45, 7) is 6.40. The molecule has 7 heteroatoms. The first-order valence-electron chi connectivity index (χ1n) is 6.37. The van der Waals surface area contributed by atoms with Gasteiger partial charge in [0.2, 0.25) is 0 Å². The van der Waals surface area contributed by atoms with Crippen molar-refractivity contribution in [2.24, 2.45) is 0 Å². The molecule has 0 aromatic carbocycles. The van der Waals surface area contributed by atoms with Crippen molar-refractivity contribution >= 4 is 17.7 Å². The number of hydrogen-bond acceptors (Lipinski definition) is 5. The number of halogens is 1. The van der Waals surface area contributed by atoms with Crippen LogP contribution in [0.4, 0.5) is 4.79 Å². The van der Waals surface area contributed by atoms with Crippen LogP contribution < -0.4 is 4.74 Å². The second-order valence-corrected chi connectivity index (χ2v) is 5.94. The number of carbonyl (C=O) groups is 1. The van der Waals surface area contributed by atoms with Crippen LogP contribution in [0.25, 0.3) is 0 Å². The number of fused-ring (bicyclic) bond motifs is 1. The maximum atomic E-state index is 12.1. The normalized spacial score (nSPS) is 14.8. The number of rotatable bonds is 1. The molecule has 0 saturated heterocycles. The fraction of sp³-hybridized carbons (Fsp3) is 0.615. The number of hydrogen-bond donors (Lipinski definition) is 0. The first kappa shape index (κ1) is 14.8. The highest BCUT2D eigenvalue weighted by molar-refractivity contribution is 6.30. The van der Waals surface area contributed by atoms with Crippen LogP contribution >= 0.6 is 11.6 Å². The first-order valence-corrected chi connectivity index (χ1v) is 6.75. The zero-order chi connectivity index (χ0) is 14.9. The highest BCUT2D eigenvalue weighted by Crippen LogP contribution is 2.26. The van der Waals surface area contributed by atoms with Gasteiger partial charge in [-0.05, 0) is 27.2 Å². The molecule has 1 aromatic rings. The zero-order valence-electron chi connectivity index (χ0n) is 12.1. The van der Waals surface area contributed by atoms with E-state index >= 15 is 0 Å². The van der Waals surface area contributed by atoms with Gasteiger partial charge in [0.15, 0.2) is 0 Å². The summed E-state index contributed by atoms with van der Waals surface area (Å²) in [7, 11) is 1.48. The van der Waals surface area contributed by atoms with Gasteiger partial charge in [-0.2, -0.15) is 9.97 Å². The summed E-state index contributed by atoms with van der Waals surface area (Å²) < 4.78 is 10.4. The molecule has 0 radical (unpaired) electrons.